The van der Waals surface area contributed by atoms with Crippen molar-refractivity contribution < 1.29 is 13.7 Å². The highest BCUT2D eigenvalue weighted by Gasteiger charge is 2.18. The number of hydrogen-bond acceptors (Lipinski definition) is 3. The van der Waals surface area contributed by atoms with Crippen LogP contribution in [0.2, 0.25) is 0 Å². The first-order valence-electron chi connectivity index (χ1n) is 7.48. The lowest BCUT2D eigenvalue weighted by atomic mass is 10.1. The molecule has 0 radical (unpaired) electrons. The molecular weight excluding hydrogens is 388 g/mol. The van der Waals surface area contributed by atoms with Gasteiger partial charge in [0.1, 0.15) is 5.75 Å². The molecule has 0 aromatic heterocycles. The SMILES string of the molecule is CC1=CCC(Oc2cccc(Br)c2)=C(c2ccc(S(C)=O)cc2)O1. The third-order valence-electron chi connectivity index (χ3n) is 3.58. The minimum Gasteiger partial charge on any atom is -0.458 e. The van der Waals surface area contributed by atoms with E-state index in [0.717, 1.165) is 32.2 Å². The van der Waals surface area contributed by atoms with Crippen molar-refractivity contribution in [1.82, 2.24) is 0 Å². The molecule has 0 fully saturated rings. The van der Waals surface area contributed by atoms with Crippen LogP contribution >= 0.6 is 15.9 Å². The van der Waals surface area contributed by atoms with Crippen molar-refractivity contribution in [2.45, 2.75) is 18.2 Å². The first-order valence-corrected chi connectivity index (χ1v) is 9.83. The van der Waals surface area contributed by atoms with Crippen LogP contribution in [0.1, 0.15) is 18.9 Å². The Labute approximate surface area is 152 Å². The van der Waals surface area contributed by atoms with E-state index in [2.05, 4.69) is 15.9 Å². The van der Waals surface area contributed by atoms with Gasteiger partial charge in [-0.05, 0) is 55.5 Å². The number of hydrogen-bond donors (Lipinski definition) is 0. The van der Waals surface area contributed by atoms with Gasteiger partial charge in [-0.25, -0.2) is 0 Å². The van der Waals surface area contributed by atoms with E-state index in [1.807, 2.05) is 61.5 Å². The first kappa shape index (κ1) is 17.0. The molecule has 1 aliphatic rings. The van der Waals surface area contributed by atoms with Crippen molar-refractivity contribution in [2.75, 3.05) is 6.26 Å². The molecule has 1 atom stereocenters. The minimum atomic E-state index is -0.997. The van der Waals surface area contributed by atoms with E-state index in [0.29, 0.717) is 12.2 Å². The number of benzene rings is 2. The van der Waals surface area contributed by atoms with Gasteiger partial charge in [-0.3, -0.25) is 4.21 Å². The van der Waals surface area contributed by atoms with Crippen LogP contribution in [0.25, 0.3) is 5.76 Å². The van der Waals surface area contributed by atoms with Gasteiger partial charge in [0, 0.05) is 38.4 Å². The van der Waals surface area contributed by atoms with E-state index >= 15 is 0 Å². The van der Waals surface area contributed by atoms with Crippen molar-refractivity contribution >= 4 is 32.5 Å². The minimum absolute atomic E-state index is 0.662. The lowest BCUT2D eigenvalue weighted by Crippen LogP contribution is -2.07. The average molecular weight is 405 g/mol. The van der Waals surface area contributed by atoms with Crippen LogP contribution in [-0.4, -0.2) is 10.5 Å². The van der Waals surface area contributed by atoms with E-state index in [-0.39, 0.29) is 0 Å². The molecule has 0 saturated carbocycles. The summed E-state index contributed by atoms with van der Waals surface area (Å²) in [6.07, 6.45) is 4.32. The highest BCUT2D eigenvalue weighted by atomic mass is 79.9. The summed E-state index contributed by atoms with van der Waals surface area (Å²) in [7, 11) is -0.997. The first-order chi connectivity index (χ1) is 11.5. The van der Waals surface area contributed by atoms with Gasteiger partial charge in [-0.2, -0.15) is 0 Å². The predicted octanol–water partition coefficient (Wildman–Crippen LogP) is 5.26. The van der Waals surface area contributed by atoms with Crippen LogP contribution in [-0.2, 0) is 15.5 Å². The van der Waals surface area contributed by atoms with Crippen molar-refractivity contribution in [3.05, 3.63) is 76.2 Å². The fourth-order valence-corrected chi connectivity index (χ4v) is 3.26. The number of ether oxygens (including phenoxy) is 2. The summed E-state index contributed by atoms with van der Waals surface area (Å²) in [6, 6.07) is 15.2. The largest absolute Gasteiger partial charge is 0.458 e. The molecule has 1 heterocycles. The van der Waals surface area contributed by atoms with Crippen LogP contribution in [0, 0.1) is 0 Å². The molecule has 2 aromatic rings. The molecule has 0 aliphatic carbocycles. The molecule has 0 spiro atoms. The highest BCUT2D eigenvalue weighted by molar-refractivity contribution is 9.10. The zero-order valence-electron chi connectivity index (χ0n) is 13.4. The summed E-state index contributed by atoms with van der Waals surface area (Å²) in [6.45, 7) is 1.92. The van der Waals surface area contributed by atoms with E-state index in [9.17, 15) is 4.21 Å². The molecule has 124 valence electrons. The molecule has 5 heteroatoms. The third-order valence-corrected chi connectivity index (χ3v) is 5.01. The second-order valence-electron chi connectivity index (χ2n) is 5.41. The fraction of sp³-hybridized carbons (Fsp3) is 0.158. The van der Waals surface area contributed by atoms with Gasteiger partial charge < -0.3 is 9.47 Å². The van der Waals surface area contributed by atoms with Crippen LogP contribution < -0.4 is 4.74 Å². The summed E-state index contributed by atoms with van der Waals surface area (Å²) in [4.78, 5) is 0.789. The van der Waals surface area contributed by atoms with Crippen molar-refractivity contribution in [3.63, 3.8) is 0 Å². The maximum atomic E-state index is 11.6. The summed E-state index contributed by atoms with van der Waals surface area (Å²) in [5.74, 6) is 3.04. The molecule has 24 heavy (non-hydrogen) atoms. The van der Waals surface area contributed by atoms with E-state index < -0.39 is 10.8 Å². The molecule has 2 aromatic carbocycles. The summed E-state index contributed by atoms with van der Waals surface area (Å²) < 4.78 is 24.5. The maximum Gasteiger partial charge on any atom is 0.172 e. The zero-order valence-corrected chi connectivity index (χ0v) is 15.8. The van der Waals surface area contributed by atoms with E-state index in [1.165, 1.54) is 0 Å². The summed E-state index contributed by atoms with van der Waals surface area (Å²) in [5.41, 5.74) is 0.904. The quantitative estimate of drug-likeness (QED) is 0.696. The smallest absolute Gasteiger partial charge is 0.172 e. The molecule has 1 unspecified atom stereocenters. The van der Waals surface area contributed by atoms with Gasteiger partial charge in [0.05, 0.1) is 5.76 Å². The zero-order chi connectivity index (χ0) is 17.1. The summed E-state index contributed by atoms with van der Waals surface area (Å²) in [5, 5.41) is 0. The van der Waals surface area contributed by atoms with Gasteiger partial charge >= 0.3 is 0 Å². The topological polar surface area (TPSA) is 35.5 Å². The monoisotopic (exact) mass is 404 g/mol. The molecule has 3 nitrogen and oxygen atoms in total. The number of halogens is 1. The van der Waals surface area contributed by atoms with Crippen LogP contribution in [0.3, 0.4) is 0 Å². The number of rotatable bonds is 4. The molecular formula is C19H17BrO3S. The lowest BCUT2D eigenvalue weighted by Gasteiger charge is -2.21. The van der Waals surface area contributed by atoms with Crippen LogP contribution in [0.4, 0.5) is 0 Å². The standard InChI is InChI=1S/C19H17BrO3S/c1-13-6-11-18(23-16-5-3-4-15(20)12-16)19(22-13)14-7-9-17(10-8-14)24(2)21/h3-10,12H,11H2,1-2H3. The van der Waals surface area contributed by atoms with Crippen LogP contribution in [0.5, 0.6) is 5.75 Å². The van der Waals surface area contributed by atoms with Crippen LogP contribution in [0.15, 0.2) is 75.5 Å². The Bertz CT molecular complexity index is 838. The van der Waals surface area contributed by atoms with Crippen molar-refractivity contribution in [1.29, 1.82) is 0 Å². The highest BCUT2D eigenvalue weighted by Crippen LogP contribution is 2.32. The van der Waals surface area contributed by atoms with Gasteiger partial charge in [-0.1, -0.05) is 22.0 Å². The van der Waals surface area contributed by atoms with Gasteiger partial charge in [-0.15, -0.1) is 0 Å². The lowest BCUT2D eigenvalue weighted by molar-refractivity contribution is 0.323. The maximum absolute atomic E-state index is 11.6. The second kappa shape index (κ2) is 7.36. The molecule has 0 saturated heterocycles. The van der Waals surface area contributed by atoms with Gasteiger partial charge in [0.15, 0.2) is 11.5 Å². The Morgan fingerprint density at radius 2 is 1.92 bits per heavy atom. The average Bonchev–Trinajstić information content (AvgIpc) is 2.57. The molecule has 0 amide bonds. The Hall–Kier alpha value is -1.85. The fourth-order valence-electron chi connectivity index (χ4n) is 2.37. The Morgan fingerprint density at radius 1 is 1.17 bits per heavy atom. The van der Waals surface area contributed by atoms with Crippen molar-refractivity contribution in [2.24, 2.45) is 0 Å². The predicted molar refractivity (Wildman–Crippen MR) is 99.9 cm³/mol. The molecule has 0 N–H and O–H groups in total. The second-order valence-corrected chi connectivity index (χ2v) is 7.71. The third kappa shape index (κ3) is 3.97. The Kier molecular flexibility index (Phi) is 5.21. The Morgan fingerprint density at radius 3 is 2.58 bits per heavy atom. The van der Waals surface area contributed by atoms with Gasteiger partial charge in [0.2, 0.25) is 0 Å². The normalized spacial score (nSPS) is 15.5. The molecule has 1 aliphatic heterocycles. The number of allylic oxidation sites excluding steroid dienone is 2. The summed E-state index contributed by atoms with van der Waals surface area (Å²) >= 11 is 3.45. The van der Waals surface area contributed by atoms with E-state index in [4.69, 9.17) is 9.47 Å². The molecule has 0 bridgehead atoms. The Balaban J connectivity index is 1.95. The molecule has 3 rings (SSSR count). The van der Waals surface area contributed by atoms with Gasteiger partial charge in [0.25, 0.3) is 0 Å². The van der Waals surface area contributed by atoms with E-state index in [1.54, 1.807) is 6.26 Å². The van der Waals surface area contributed by atoms with Crippen molar-refractivity contribution in [3.8, 4) is 5.75 Å².